The van der Waals surface area contributed by atoms with Gasteiger partial charge in [-0.2, -0.15) is 0 Å². The Bertz CT molecular complexity index is 715. The molecule has 0 spiro atoms. The van der Waals surface area contributed by atoms with E-state index >= 15 is 0 Å². The summed E-state index contributed by atoms with van der Waals surface area (Å²) in [4.78, 5) is 15.2. The maximum Gasteiger partial charge on any atom is 0.191 e. The molecule has 1 aliphatic rings. The Kier molecular flexibility index (Phi) is 9.94. The molecule has 1 saturated heterocycles. The highest BCUT2D eigenvalue weighted by molar-refractivity contribution is 14.0. The monoisotopic (exact) mass is 538 g/mol. The number of halogens is 2. The fourth-order valence-electron chi connectivity index (χ4n) is 2.79. The van der Waals surface area contributed by atoms with Crippen molar-refractivity contribution in [2.24, 2.45) is 4.99 Å². The van der Waals surface area contributed by atoms with Crippen molar-refractivity contribution in [3.05, 3.63) is 34.9 Å². The van der Waals surface area contributed by atoms with E-state index in [2.05, 4.69) is 30.5 Å². The van der Waals surface area contributed by atoms with Crippen LogP contribution in [0.3, 0.4) is 0 Å². The van der Waals surface area contributed by atoms with E-state index in [0.29, 0.717) is 11.1 Å². The second kappa shape index (κ2) is 11.9. The Balaban J connectivity index is 0.00000261. The number of anilines is 1. The zero-order valence-electron chi connectivity index (χ0n) is 15.1. The first-order valence-corrected chi connectivity index (χ1v) is 10.9. The molecule has 1 atom stereocenters. The average Bonchev–Trinajstić information content (AvgIpc) is 3.33. The normalized spacial score (nSPS) is 16.9. The van der Waals surface area contributed by atoms with Gasteiger partial charge in [-0.25, -0.2) is 9.97 Å². The van der Waals surface area contributed by atoms with E-state index in [4.69, 9.17) is 11.6 Å². The number of thiazole rings is 1. The minimum absolute atomic E-state index is 0. The summed E-state index contributed by atoms with van der Waals surface area (Å²) >= 11 is 9.74. The van der Waals surface area contributed by atoms with Gasteiger partial charge in [-0.1, -0.05) is 23.4 Å². The molecule has 148 valence electrons. The molecule has 0 saturated carbocycles. The summed E-state index contributed by atoms with van der Waals surface area (Å²) in [5.74, 6) is 2.76. The Morgan fingerprint density at radius 1 is 1.44 bits per heavy atom. The van der Waals surface area contributed by atoms with Gasteiger partial charge in [0.25, 0.3) is 0 Å². The van der Waals surface area contributed by atoms with Crippen molar-refractivity contribution in [3.63, 3.8) is 0 Å². The molecule has 2 aromatic heterocycles. The van der Waals surface area contributed by atoms with Crippen LogP contribution in [0.1, 0.15) is 12.8 Å². The summed E-state index contributed by atoms with van der Waals surface area (Å²) in [6.45, 7) is 2.70. The molecule has 0 radical (unpaired) electrons. The van der Waals surface area contributed by atoms with Gasteiger partial charge in [-0.3, -0.25) is 4.99 Å². The number of guanidine groups is 1. The van der Waals surface area contributed by atoms with Gasteiger partial charge in [-0.05, 0) is 25.0 Å². The molecule has 3 heterocycles. The van der Waals surface area contributed by atoms with Crippen molar-refractivity contribution in [2.45, 2.75) is 23.2 Å². The number of aliphatic imine (C=N–C) groups is 1. The third-order valence-corrected chi connectivity index (χ3v) is 6.39. The largest absolute Gasteiger partial charge is 0.356 e. The van der Waals surface area contributed by atoms with E-state index in [-0.39, 0.29) is 24.0 Å². The number of hydrogen-bond donors (Lipinski definition) is 2. The topological polar surface area (TPSA) is 65.4 Å². The molecule has 3 rings (SSSR count). The maximum atomic E-state index is 6.25. The van der Waals surface area contributed by atoms with Crippen molar-refractivity contribution in [1.29, 1.82) is 0 Å². The number of nitrogens with zero attached hydrogens (tertiary/aromatic N) is 4. The zero-order chi connectivity index (χ0) is 18.2. The van der Waals surface area contributed by atoms with Crippen molar-refractivity contribution < 1.29 is 0 Å². The van der Waals surface area contributed by atoms with Crippen molar-refractivity contribution in [2.75, 3.05) is 37.3 Å². The molecule has 2 aromatic rings. The van der Waals surface area contributed by atoms with E-state index in [9.17, 15) is 0 Å². The van der Waals surface area contributed by atoms with Crippen LogP contribution in [-0.4, -0.2) is 54.4 Å². The minimum atomic E-state index is 0. The van der Waals surface area contributed by atoms with Gasteiger partial charge in [0, 0.05) is 56.3 Å². The van der Waals surface area contributed by atoms with Gasteiger partial charge in [0.05, 0.1) is 5.02 Å². The van der Waals surface area contributed by atoms with Crippen LogP contribution in [0.25, 0.3) is 0 Å². The lowest BCUT2D eigenvalue weighted by Crippen LogP contribution is -2.45. The maximum absolute atomic E-state index is 6.25. The first-order chi connectivity index (χ1) is 12.8. The van der Waals surface area contributed by atoms with Crippen LogP contribution in [0.5, 0.6) is 0 Å². The van der Waals surface area contributed by atoms with E-state index in [0.717, 1.165) is 54.3 Å². The Hall–Kier alpha value is -0.780. The molecule has 0 aromatic carbocycles. The van der Waals surface area contributed by atoms with E-state index in [1.807, 2.05) is 30.8 Å². The van der Waals surface area contributed by atoms with Gasteiger partial charge in [0.1, 0.15) is 10.2 Å². The first-order valence-electron chi connectivity index (χ1n) is 8.61. The van der Waals surface area contributed by atoms with Crippen LogP contribution in [-0.2, 0) is 0 Å². The zero-order valence-corrected chi connectivity index (χ0v) is 19.8. The lowest BCUT2D eigenvalue weighted by Gasteiger charge is -2.20. The third-order valence-electron chi connectivity index (χ3n) is 4.04. The number of rotatable bonds is 7. The summed E-state index contributed by atoms with van der Waals surface area (Å²) in [5.41, 5.74) is 0. The van der Waals surface area contributed by atoms with Crippen molar-refractivity contribution in [1.82, 2.24) is 20.6 Å². The van der Waals surface area contributed by atoms with Crippen LogP contribution in [0.4, 0.5) is 5.82 Å². The highest BCUT2D eigenvalue weighted by Gasteiger charge is 2.25. The van der Waals surface area contributed by atoms with Crippen molar-refractivity contribution in [3.8, 4) is 0 Å². The summed E-state index contributed by atoms with van der Waals surface area (Å²) < 4.78 is 1.13. The van der Waals surface area contributed by atoms with Gasteiger partial charge in [0.15, 0.2) is 5.96 Å². The van der Waals surface area contributed by atoms with Crippen LogP contribution in [0.15, 0.2) is 39.2 Å². The summed E-state index contributed by atoms with van der Waals surface area (Å²) in [7, 11) is 1.81. The molecule has 0 aliphatic carbocycles. The van der Waals surface area contributed by atoms with Crippen LogP contribution in [0, 0.1) is 0 Å². The second-order valence-corrected chi connectivity index (χ2v) is 8.53. The number of pyridine rings is 1. The first kappa shape index (κ1) is 22.5. The predicted molar refractivity (Wildman–Crippen MR) is 127 cm³/mol. The second-order valence-electron chi connectivity index (χ2n) is 5.88. The summed E-state index contributed by atoms with van der Waals surface area (Å²) in [5, 5.41) is 9.60. The summed E-state index contributed by atoms with van der Waals surface area (Å²) in [6, 6.07) is 4.08. The number of hydrogen-bond acceptors (Lipinski definition) is 6. The number of thioether (sulfide) groups is 1. The lowest BCUT2D eigenvalue weighted by molar-refractivity contribution is 0.647. The molecule has 0 bridgehead atoms. The lowest BCUT2D eigenvalue weighted by atomic mass is 10.3. The molecule has 1 aliphatic heterocycles. The number of aromatic nitrogens is 2. The molecule has 2 N–H and O–H groups in total. The molecule has 1 unspecified atom stereocenters. The minimum Gasteiger partial charge on any atom is -0.356 e. The van der Waals surface area contributed by atoms with Crippen LogP contribution < -0.4 is 15.5 Å². The quantitative estimate of drug-likeness (QED) is 0.184. The van der Waals surface area contributed by atoms with Gasteiger partial charge in [0.2, 0.25) is 0 Å². The van der Waals surface area contributed by atoms with Gasteiger partial charge >= 0.3 is 0 Å². The predicted octanol–water partition coefficient (Wildman–Crippen LogP) is 3.74. The fraction of sp³-hybridized carbons (Fsp3) is 0.471. The number of nitrogens with one attached hydrogen (secondary N) is 2. The van der Waals surface area contributed by atoms with E-state index < -0.39 is 0 Å². The molecule has 27 heavy (non-hydrogen) atoms. The Morgan fingerprint density at radius 2 is 2.33 bits per heavy atom. The molecular formula is C17H24ClIN6S2. The van der Waals surface area contributed by atoms with Gasteiger partial charge < -0.3 is 15.5 Å². The van der Waals surface area contributed by atoms with Crippen LogP contribution >= 0.6 is 58.7 Å². The highest BCUT2D eigenvalue weighted by Crippen LogP contribution is 2.25. The summed E-state index contributed by atoms with van der Waals surface area (Å²) in [6.07, 6.45) is 5.73. The molecule has 0 amide bonds. The average molecular weight is 539 g/mol. The molecular weight excluding hydrogens is 515 g/mol. The van der Waals surface area contributed by atoms with Crippen molar-refractivity contribution >= 4 is 70.5 Å². The van der Waals surface area contributed by atoms with Crippen LogP contribution in [0.2, 0.25) is 5.02 Å². The smallest absolute Gasteiger partial charge is 0.191 e. The van der Waals surface area contributed by atoms with E-state index in [1.165, 1.54) is 0 Å². The third kappa shape index (κ3) is 6.95. The Morgan fingerprint density at radius 3 is 3.07 bits per heavy atom. The molecule has 6 nitrogen and oxygen atoms in total. The Labute approximate surface area is 190 Å². The standard InChI is InChI=1S/C17H23ClN6S2.HI/c1-19-16(21-7-3-10-25-17-22-8-11-26-17)23-13-5-9-24(12-13)15-14(18)4-2-6-20-15;/h2,4,6,8,11,13H,3,5,7,9-10,12H2,1H3,(H2,19,21,23);1H. The molecule has 10 heteroatoms. The molecule has 1 fully saturated rings. The highest BCUT2D eigenvalue weighted by atomic mass is 127. The fourth-order valence-corrected chi connectivity index (χ4v) is 4.68. The van der Waals surface area contributed by atoms with E-state index in [1.54, 1.807) is 29.3 Å². The van der Waals surface area contributed by atoms with Gasteiger partial charge in [-0.15, -0.1) is 35.3 Å². The SMILES string of the molecule is CN=C(NCCCSc1nccs1)NC1CCN(c2ncccc2Cl)C1.I.